The molecule has 0 aliphatic carbocycles. The SMILES string of the molecule is CN1CCN(c2ccc(Cl)cc2NC(=O)CN2C(=O)NC(C)(C)C2=O)CC1. The van der Waals surface area contributed by atoms with Crippen LogP contribution in [-0.2, 0) is 9.59 Å². The van der Waals surface area contributed by atoms with Crippen molar-refractivity contribution in [2.24, 2.45) is 0 Å². The van der Waals surface area contributed by atoms with Gasteiger partial charge in [-0.05, 0) is 39.1 Å². The van der Waals surface area contributed by atoms with E-state index in [9.17, 15) is 14.4 Å². The quantitative estimate of drug-likeness (QED) is 0.754. The fraction of sp³-hybridized carbons (Fsp3) is 0.500. The zero-order valence-corrected chi connectivity index (χ0v) is 16.5. The number of halogens is 1. The number of piperazine rings is 1. The Morgan fingerprint density at radius 3 is 2.48 bits per heavy atom. The van der Waals surface area contributed by atoms with Crippen LogP contribution in [0.2, 0.25) is 5.02 Å². The molecule has 8 nitrogen and oxygen atoms in total. The van der Waals surface area contributed by atoms with Gasteiger partial charge in [0.2, 0.25) is 5.91 Å². The lowest BCUT2D eigenvalue weighted by Gasteiger charge is -2.35. The summed E-state index contributed by atoms with van der Waals surface area (Å²) in [5.41, 5.74) is 0.444. The summed E-state index contributed by atoms with van der Waals surface area (Å²) in [4.78, 5) is 42.1. The van der Waals surface area contributed by atoms with Gasteiger partial charge < -0.3 is 20.4 Å². The molecule has 1 aromatic carbocycles. The summed E-state index contributed by atoms with van der Waals surface area (Å²) >= 11 is 6.11. The fourth-order valence-corrected chi connectivity index (χ4v) is 3.40. The number of urea groups is 1. The van der Waals surface area contributed by atoms with Gasteiger partial charge in [-0.2, -0.15) is 0 Å². The van der Waals surface area contributed by atoms with Gasteiger partial charge in [0, 0.05) is 31.2 Å². The van der Waals surface area contributed by atoms with E-state index in [-0.39, 0.29) is 6.54 Å². The minimum atomic E-state index is -1.00. The molecule has 0 radical (unpaired) electrons. The minimum Gasteiger partial charge on any atom is -0.367 e. The molecule has 2 aliphatic rings. The van der Waals surface area contributed by atoms with Crippen LogP contribution in [-0.4, -0.2) is 73.0 Å². The number of likely N-dealkylation sites (N-methyl/N-ethyl adjacent to an activating group) is 1. The van der Waals surface area contributed by atoms with Crippen LogP contribution >= 0.6 is 11.6 Å². The van der Waals surface area contributed by atoms with E-state index in [1.807, 2.05) is 6.07 Å². The van der Waals surface area contributed by atoms with E-state index in [1.54, 1.807) is 26.0 Å². The Morgan fingerprint density at radius 1 is 1.22 bits per heavy atom. The second-order valence-corrected chi connectivity index (χ2v) is 7.88. The second kappa shape index (κ2) is 7.36. The lowest BCUT2D eigenvalue weighted by atomic mass is 10.1. The van der Waals surface area contributed by atoms with Crippen LogP contribution in [0, 0.1) is 0 Å². The molecule has 0 unspecified atom stereocenters. The van der Waals surface area contributed by atoms with E-state index in [4.69, 9.17) is 11.6 Å². The molecule has 0 saturated carbocycles. The number of imide groups is 1. The highest BCUT2D eigenvalue weighted by Gasteiger charge is 2.44. The van der Waals surface area contributed by atoms with Crippen molar-refractivity contribution in [2.75, 3.05) is 50.0 Å². The molecule has 2 aliphatic heterocycles. The summed E-state index contributed by atoms with van der Waals surface area (Å²) in [7, 11) is 2.07. The summed E-state index contributed by atoms with van der Waals surface area (Å²) in [5, 5.41) is 5.86. The maximum absolute atomic E-state index is 12.5. The molecule has 2 saturated heterocycles. The smallest absolute Gasteiger partial charge is 0.325 e. The molecule has 2 fully saturated rings. The average Bonchev–Trinajstić information content (AvgIpc) is 2.78. The molecular formula is C18H24ClN5O3. The van der Waals surface area contributed by atoms with E-state index < -0.39 is 23.4 Å². The highest BCUT2D eigenvalue weighted by molar-refractivity contribution is 6.31. The van der Waals surface area contributed by atoms with Crippen LogP contribution < -0.4 is 15.5 Å². The van der Waals surface area contributed by atoms with Gasteiger partial charge in [0.05, 0.1) is 11.4 Å². The first-order valence-electron chi connectivity index (χ1n) is 8.84. The summed E-state index contributed by atoms with van der Waals surface area (Å²) < 4.78 is 0. The Kier molecular flexibility index (Phi) is 5.30. The number of amides is 4. The Labute approximate surface area is 163 Å². The molecule has 0 aromatic heterocycles. The van der Waals surface area contributed by atoms with Crippen LogP contribution in [0.25, 0.3) is 0 Å². The summed E-state index contributed by atoms with van der Waals surface area (Å²) in [6.45, 7) is 6.38. The van der Waals surface area contributed by atoms with E-state index in [0.717, 1.165) is 36.8 Å². The minimum absolute atomic E-state index is 0.344. The Balaban J connectivity index is 1.73. The molecule has 2 heterocycles. The molecule has 146 valence electrons. The predicted molar refractivity (Wildman–Crippen MR) is 104 cm³/mol. The molecule has 0 bridgehead atoms. The van der Waals surface area contributed by atoms with Crippen LogP contribution in [0.4, 0.5) is 16.2 Å². The highest BCUT2D eigenvalue weighted by Crippen LogP contribution is 2.30. The van der Waals surface area contributed by atoms with Crippen molar-refractivity contribution >= 4 is 40.8 Å². The predicted octanol–water partition coefficient (Wildman–Crippen LogP) is 1.36. The van der Waals surface area contributed by atoms with Gasteiger partial charge in [0.1, 0.15) is 12.1 Å². The van der Waals surface area contributed by atoms with E-state index in [1.165, 1.54) is 0 Å². The average molecular weight is 394 g/mol. The van der Waals surface area contributed by atoms with Gasteiger partial charge in [-0.3, -0.25) is 14.5 Å². The first-order valence-corrected chi connectivity index (χ1v) is 9.22. The zero-order chi connectivity index (χ0) is 19.8. The van der Waals surface area contributed by atoms with Gasteiger partial charge in [-0.25, -0.2) is 4.79 Å². The first kappa shape index (κ1) is 19.4. The summed E-state index contributed by atoms with van der Waals surface area (Å²) in [6.07, 6.45) is 0. The maximum Gasteiger partial charge on any atom is 0.325 e. The monoisotopic (exact) mass is 393 g/mol. The molecule has 3 rings (SSSR count). The highest BCUT2D eigenvalue weighted by atomic mass is 35.5. The lowest BCUT2D eigenvalue weighted by Crippen LogP contribution is -2.45. The van der Waals surface area contributed by atoms with Crippen molar-refractivity contribution in [1.29, 1.82) is 0 Å². The summed E-state index contributed by atoms with van der Waals surface area (Å²) in [6, 6.07) is 4.78. The van der Waals surface area contributed by atoms with E-state index in [2.05, 4.69) is 27.5 Å². The Hall–Kier alpha value is -2.32. The van der Waals surface area contributed by atoms with Crippen molar-refractivity contribution < 1.29 is 14.4 Å². The first-order chi connectivity index (χ1) is 12.7. The van der Waals surface area contributed by atoms with Crippen LogP contribution in [0.15, 0.2) is 18.2 Å². The van der Waals surface area contributed by atoms with Gasteiger partial charge in [-0.1, -0.05) is 11.6 Å². The topological polar surface area (TPSA) is 85.0 Å². The van der Waals surface area contributed by atoms with Crippen LogP contribution in [0.5, 0.6) is 0 Å². The van der Waals surface area contributed by atoms with Crippen molar-refractivity contribution in [3.8, 4) is 0 Å². The van der Waals surface area contributed by atoms with Crippen molar-refractivity contribution in [3.05, 3.63) is 23.2 Å². The lowest BCUT2D eigenvalue weighted by molar-refractivity contribution is -0.132. The number of benzene rings is 1. The summed E-state index contributed by atoms with van der Waals surface area (Å²) in [5.74, 6) is -0.873. The third-order valence-corrected chi connectivity index (χ3v) is 5.06. The molecule has 9 heteroatoms. The molecular weight excluding hydrogens is 370 g/mol. The van der Waals surface area contributed by atoms with Crippen molar-refractivity contribution in [3.63, 3.8) is 0 Å². The number of carbonyl (C=O) groups is 3. The largest absolute Gasteiger partial charge is 0.367 e. The number of rotatable bonds is 4. The van der Waals surface area contributed by atoms with Gasteiger partial charge in [0.25, 0.3) is 5.91 Å². The standard InChI is InChI=1S/C18H24ClN5O3/c1-18(2)16(26)24(17(27)21-18)11-15(25)20-13-10-12(19)4-5-14(13)23-8-6-22(3)7-9-23/h4-5,10H,6-9,11H2,1-3H3,(H,20,25)(H,21,27). The van der Waals surface area contributed by atoms with Gasteiger partial charge in [-0.15, -0.1) is 0 Å². The normalized spacial score (nSPS) is 20.0. The molecule has 2 N–H and O–H groups in total. The maximum atomic E-state index is 12.5. The number of hydrogen-bond acceptors (Lipinski definition) is 5. The Bertz CT molecular complexity index is 774. The van der Waals surface area contributed by atoms with Crippen LogP contribution in [0.3, 0.4) is 0 Å². The number of carbonyl (C=O) groups excluding carboxylic acids is 3. The van der Waals surface area contributed by atoms with Gasteiger partial charge >= 0.3 is 6.03 Å². The van der Waals surface area contributed by atoms with Crippen molar-refractivity contribution in [1.82, 2.24) is 15.1 Å². The molecule has 4 amide bonds. The molecule has 27 heavy (non-hydrogen) atoms. The third kappa shape index (κ3) is 4.17. The van der Waals surface area contributed by atoms with Crippen molar-refractivity contribution in [2.45, 2.75) is 19.4 Å². The molecule has 1 aromatic rings. The molecule has 0 atom stereocenters. The Morgan fingerprint density at radius 2 is 1.89 bits per heavy atom. The number of nitrogens with one attached hydrogen (secondary N) is 2. The number of hydrogen-bond donors (Lipinski definition) is 2. The van der Waals surface area contributed by atoms with Crippen LogP contribution in [0.1, 0.15) is 13.8 Å². The van der Waals surface area contributed by atoms with E-state index >= 15 is 0 Å². The fourth-order valence-electron chi connectivity index (χ4n) is 3.23. The zero-order valence-electron chi connectivity index (χ0n) is 15.7. The second-order valence-electron chi connectivity index (χ2n) is 7.45. The number of anilines is 2. The van der Waals surface area contributed by atoms with Gasteiger partial charge in [0.15, 0.2) is 0 Å². The van der Waals surface area contributed by atoms with E-state index in [0.29, 0.717) is 10.7 Å². The molecule has 0 spiro atoms. The third-order valence-electron chi connectivity index (χ3n) is 4.82. The number of nitrogens with zero attached hydrogens (tertiary/aromatic N) is 3.